The van der Waals surface area contributed by atoms with Crippen LogP contribution in [-0.2, 0) is 19.1 Å². The molecular formula is C18H17F3O6. The number of halogens is 3. The third-order valence-corrected chi connectivity index (χ3v) is 3.28. The van der Waals surface area contributed by atoms with Crippen molar-refractivity contribution in [2.24, 2.45) is 0 Å². The number of carbonyl (C=O) groups excluding carboxylic acids is 3. The molecule has 0 bridgehead atoms. The van der Waals surface area contributed by atoms with Gasteiger partial charge in [-0.05, 0) is 31.1 Å². The van der Waals surface area contributed by atoms with E-state index in [9.17, 15) is 27.6 Å². The Balaban J connectivity index is 3.01. The first-order valence-electron chi connectivity index (χ1n) is 7.52. The number of ketones is 1. The van der Waals surface area contributed by atoms with Crippen LogP contribution in [0.25, 0.3) is 0 Å². The highest BCUT2D eigenvalue weighted by Gasteiger charge is 2.31. The van der Waals surface area contributed by atoms with E-state index < -0.39 is 29.8 Å². The van der Waals surface area contributed by atoms with E-state index in [0.717, 1.165) is 25.3 Å². The fourth-order valence-corrected chi connectivity index (χ4v) is 1.98. The molecule has 0 heterocycles. The van der Waals surface area contributed by atoms with Crippen molar-refractivity contribution in [2.45, 2.75) is 19.2 Å². The number of benzene rings is 1. The second-order valence-electron chi connectivity index (χ2n) is 5.20. The van der Waals surface area contributed by atoms with Crippen LogP contribution in [0.5, 0.6) is 5.75 Å². The average molecular weight is 386 g/mol. The van der Waals surface area contributed by atoms with Gasteiger partial charge in [-0.1, -0.05) is 18.7 Å². The van der Waals surface area contributed by atoms with Gasteiger partial charge in [0.1, 0.15) is 5.75 Å². The van der Waals surface area contributed by atoms with Gasteiger partial charge < -0.3 is 14.2 Å². The van der Waals surface area contributed by atoms with Gasteiger partial charge >= 0.3 is 18.3 Å². The van der Waals surface area contributed by atoms with Gasteiger partial charge in [0.15, 0.2) is 5.78 Å². The van der Waals surface area contributed by atoms with Crippen molar-refractivity contribution < 1.29 is 41.8 Å². The van der Waals surface area contributed by atoms with Gasteiger partial charge in [-0.15, -0.1) is 13.2 Å². The number of hydrogen-bond donors (Lipinski definition) is 0. The summed E-state index contributed by atoms with van der Waals surface area (Å²) in [6.07, 6.45) is -3.99. The molecule has 146 valence electrons. The fourth-order valence-electron chi connectivity index (χ4n) is 1.98. The Morgan fingerprint density at radius 1 is 1.07 bits per heavy atom. The number of ether oxygens (including phenoxy) is 3. The summed E-state index contributed by atoms with van der Waals surface area (Å²) in [7, 11) is 2.28. The number of rotatable bonds is 8. The molecule has 0 aliphatic heterocycles. The number of allylic oxidation sites excluding steroid dienone is 1. The second kappa shape index (κ2) is 9.56. The van der Waals surface area contributed by atoms with Crippen LogP contribution in [0.3, 0.4) is 0 Å². The van der Waals surface area contributed by atoms with E-state index in [1.54, 1.807) is 0 Å². The summed E-state index contributed by atoms with van der Waals surface area (Å²) in [5, 5.41) is 0. The minimum Gasteiger partial charge on any atom is -0.466 e. The third-order valence-electron chi connectivity index (χ3n) is 3.28. The fraction of sp³-hybridized carbons (Fsp3) is 0.278. The third kappa shape index (κ3) is 7.35. The van der Waals surface area contributed by atoms with E-state index in [-0.39, 0.29) is 29.6 Å². The van der Waals surface area contributed by atoms with Gasteiger partial charge in [-0.25, -0.2) is 9.59 Å². The van der Waals surface area contributed by atoms with Crippen LogP contribution in [0.1, 0.15) is 23.2 Å². The molecule has 0 saturated heterocycles. The quantitative estimate of drug-likeness (QED) is 0.387. The maximum absolute atomic E-state index is 12.3. The van der Waals surface area contributed by atoms with Crippen LogP contribution in [0.15, 0.2) is 48.1 Å². The lowest BCUT2D eigenvalue weighted by Crippen LogP contribution is -2.17. The second-order valence-corrected chi connectivity index (χ2v) is 5.20. The molecule has 0 N–H and O–H groups in total. The van der Waals surface area contributed by atoms with E-state index in [1.807, 2.05) is 0 Å². The molecule has 0 radical (unpaired) electrons. The first-order valence-corrected chi connectivity index (χ1v) is 7.52. The van der Waals surface area contributed by atoms with E-state index >= 15 is 0 Å². The van der Waals surface area contributed by atoms with Gasteiger partial charge in [0, 0.05) is 16.7 Å². The summed E-state index contributed by atoms with van der Waals surface area (Å²) < 4.78 is 49.7. The zero-order valence-electron chi connectivity index (χ0n) is 14.6. The monoisotopic (exact) mass is 386 g/mol. The minimum atomic E-state index is -4.90. The van der Waals surface area contributed by atoms with Crippen LogP contribution in [0.4, 0.5) is 13.2 Å². The molecule has 0 aromatic heterocycles. The van der Waals surface area contributed by atoms with Crippen molar-refractivity contribution in [3.8, 4) is 5.75 Å². The molecular weight excluding hydrogens is 369 g/mol. The molecule has 0 amide bonds. The molecule has 1 aromatic carbocycles. The predicted molar refractivity (Wildman–Crippen MR) is 87.9 cm³/mol. The number of carbonyl (C=O) groups is 3. The first kappa shape index (κ1) is 21.9. The normalized spacial score (nSPS) is 11.5. The number of alkyl halides is 3. The maximum Gasteiger partial charge on any atom is 0.573 e. The van der Waals surface area contributed by atoms with E-state index in [4.69, 9.17) is 0 Å². The maximum atomic E-state index is 12.3. The summed E-state index contributed by atoms with van der Waals surface area (Å²) in [6, 6.07) is 4.41. The molecule has 0 fully saturated rings. The van der Waals surface area contributed by atoms with E-state index in [2.05, 4.69) is 20.8 Å². The SMILES string of the molecule is C=C(CC/C(=C\C(=O)c1cccc(OC(F)(F)F)c1)C(=O)OC)C(=O)OC. The van der Waals surface area contributed by atoms with Gasteiger partial charge in [-0.3, -0.25) is 4.79 Å². The van der Waals surface area contributed by atoms with Crippen molar-refractivity contribution in [2.75, 3.05) is 14.2 Å². The standard InChI is InChI=1S/C18H17F3O6/c1-11(16(23)25-2)7-8-13(17(24)26-3)10-15(22)12-5-4-6-14(9-12)27-18(19,20)21/h4-6,9-10H,1,7-8H2,2-3H3/b13-10+. The Hall–Kier alpha value is -3.10. The van der Waals surface area contributed by atoms with Gasteiger partial charge in [0.2, 0.25) is 0 Å². The summed E-state index contributed by atoms with van der Waals surface area (Å²) in [4.78, 5) is 35.4. The summed E-state index contributed by atoms with van der Waals surface area (Å²) in [6.45, 7) is 3.50. The number of esters is 2. The lowest BCUT2D eigenvalue weighted by molar-refractivity contribution is -0.274. The summed E-state index contributed by atoms with van der Waals surface area (Å²) in [5.41, 5.74) is -0.111. The molecule has 1 rings (SSSR count). The first-order chi connectivity index (χ1) is 12.6. The Morgan fingerprint density at radius 3 is 2.26 bits per heavy atom. The largest absolute Gasteiger partial charge is 0.573 e. The minimum absolute atomic E-state index is 0.0259. The lowest BCUT2D eigenvalue weighted by atomic mass is 10.0. The van der Waals surface area contributed by atoms with Crippen molar-refractivity contribution >= 4 is 17.7 Å². The molecule has 0 saturated carbocycles. The van der Waals surface area contributed by atoms with Gasteiger partial charge in [0.25, 0.3) is 0 Å². The number of methoxy groups -OCH3 is 2. The molecule has 0 unspecified atom stereocenters. The Kier molecular flexibility index (Phi) is 7.77. The Morgan fingerprint density at radius 2 is 1.70 bits per heavy atom. The van der Waals surface area contributed by atoms with Gasteiger partial charge in [0.05, 0.1) is 14.2 Å². The molecule has 0 aliphatic rings. The van der Waals surface area contributed by atoms with Crippen LogP contribution in [-0.4, -0.2) is 38.3 Å². The lowest BCUT2D eigenvalue weighted by Gasteiger charge is -2.09. The highest BCUT2D eigenvalue weighted by molar-refractivity contribution is 6.08. The summed E-state index contributed by atoms with van der Waals surface area (Å²) >= 11 is 0. The van der Waals surface area contributed by atoms with E-state index in [0.29, 0.717) is 0 Å². The topological polar surface area (TPSA) is 78.9 Å². The van der Waals surface area contributed by atoms with Gasteiger partial charge in [-0.2, -0.15) is 0 Å². The molecule has 27 heavy (non-hydrogen) atoms. The molecule has 0 aliphatic carbocycles. The molecule has 6 nitrogen and oxygen atoms in total. The smallest absolute Gasteiger partial charge is 0.466 e. The van der Waals surface area contributed by atoms with Crippen molar-refractivity contribution in [3.05, 3.63) is 53.6 Å². The Labute approximate surface area is 153 Å². The predicted octanol–water partition coefficient (Wildman–Crippen LogP) is 3.38. The van der Waals surface area contributed by atoms with Crippen LogP contribution < -0.4 is 4.74 Å². The van der Waals surface area contributed by atoms with E-state index in [1.165, 1.54) is 19.2 Å². The Bertz CT molecular complexity index is 765. The van der Waals surface area contributed by atoms with Crippen LogP contribution >= 0.6 is 0 Å². The number of hydrogen-bond acceptors (Lipinski definition) is 6. The van der Waals surface area contributed by atoms with Crippen molar-refractivity contribution in [1.82, 2.24) is 0 Å². The van der Waals surface area contributed by atoms with Crippen LogP contribution in [0, 0.1) is 0 Å². The molecule has 0 atom stereocenters. The summed E-state index contributed by atoms with van der Waals surface area (Å²) in [5.74, 6) is -2.78. The van der Waals surface area contributed by atoms with Crippen LogP contribution in [0.2, 0.25) is 0 Å². The average Bonchev–Trinajstić information content (AvgIpc) is 2.61. The zero-order valence-corrected chi connectivity index (χ0v) is 14.6. The molecule has 0 spiro atoms. The van der Waals surface area contributed by atoms with Crippen molar-refractivity contribution in [1.29, 1.82) is 0 Å². The molecule has 1 aromatic rings. The zero-order chi connectivity index (χ0) is 20.6. The molecule has 9 heteroatoms. The highest BCUT2D eigenvalue weighted by Crippen LogP contribution is 2.24. The highest BCUT2D eigenvalue weighted by atomic mass is 19.4. The van der Waals surface area contributed by atoms with Crippen molar-refractivity contribution in [3.63, 3.8) is 0 Å².